The molecule has 0 spiro atoms. The topological polar surface area (TPSA) is 49.8 Å². The van der Waals surface area contributed by atoms with Crippen molar-refractivity contribution in [1.82, 2.24) is 4.90 Å². The van der Waals surface area contributed by atoms with Crippen LogP contribution in [0.2, 0.25) is 0 Å². The molecule has 4 nitrogen and oxygen atoms in total. The molecular formula is C16H23NO3S. The number of aliphatic hydroxyl groups is 1. The highest BCUT2D eigenvalue weighted by molar-refractivity contribution is 7.12. The van der Waals surface area contributed by atoms with Crippen molar-refractivity contribution in [3.63, 3.8) is 0 Å². The number of hydrogen-bond donors (Lipinski definition) is 1. The van der Waals surface area contributed by atoms with Crippen molar-refractivity contribution in [3.8, 4) is 0 Å². The molecule has 0 aromatic carbocycles. The predicted octanol–water partition coefficient (Wildman–Crippen LogP) is 2.46. The van der Waals surface area contributed by atoms with Crippen molar-refractivity contribution in [3.05, 3.63) is 21.9 Å². The van der Waals surface area contributed by atoms with Crippen molar-refractivity contribution >= 4 is 17.1 Å². The monoisotopic (exact) mass is 309 g/mol. The number of carbonyl (C=O) groups is 1. The van der Waals surface area contributed by atoms with Crippen LogP contribution >= 0.6 is 11.3 Å². The van der Waals surface area contributed by atoms with Gasteiger partial charge in [-0.2, -0.15) is 0 Å². The Morgan fingerprint density at radius 2 is 2.38 bits per heavy atom. The fraction of sp³-hybridized carbons (Fsp3) is 0.688. The number of ketones is 1. The molecular weight excluding hydrogens is 286 g/mol. The first kappa shape index (κ1) is 15.2. The summed E-state index contributed by atoms with van der Waals surface area (Å²) in [6.45, 7) is 3.45. The SMILES string of the molecule is CO[C@@]12CC[C@H](O)C[C@@H]1N(Cc1csc(C(C)=O)c1)CC2. The molecule has 2 aliphatic rings. The van der Waals surface area contributed by atoms with E-state index >= 15 is 0 Å². The number of nitrogens with zero attached hydrogens (tertiary/aromatic N) is 1. The average Bonchev–Trinajstić information content (AvgIpc) is 3.06. The van der Waals surface area contributed by atoms with E-state index in [9.17, 15) is 9.90 Å². The van der Waals surface area contributed by atoms with E-state index in [1.54, 1.807) is 14.0 Å². The van der Waals surface area contributed by atoms with Crippen LogP contribution < -0.4 is 0 Å². The van der Waals surface area contributed by atoms with E-state index in [4.69, 9.17) is 4.74 Å². The Balaban J connectivity index is 1.74. The smallest absolute Gasteiger partial charge is 0.169 e. The number of methoxy groups -OCH3 is 1. The maximum absolute atomic E-state index is 11.4. The highest BCUT2D eigenvalue weighted by atomic mass is 32.1. The second-order valence-electron chi connectivity index (χ2n) is 6.31. The summed E-state index contributed by atoms with van der Waals surface area (Å²) >= 11 is 1.52. The van der Waals surface area contributed by atoms with Gasteiger partial charge >= 0.3 is 0 Å². The van der Waals surface area contributed by atoms with E-state index in [0.717, 1.165) is 43.6 Å². The molecule has 0 unspecified atom stereocenters. The lowest BCUT2D eigenvalue weighted by Crippen LogP contribution is -2.51. The number of carbonyl (C=O) groups excluding carboxylic acids is 1. The van der Waals surface area contributed by atoms with Crippen molar-refractivity contribution in [2.24, 2.45) is 0 Å². The fourth-order valence-electron chi connectivity index (χ4n) is 3.84. The predicted molar refractivity (Wildman–Crippen MR) is 82.7 cm³/mol. The highest BCUT2D eigenvalue weighted by Crippen LogP contribution is 2.43. The molecule has 2 heterocycles. The third kappa shape index (κ3) is 2.80. The number of fused-ring (bicyclic) bond motifs is 1. The minimum atomic E-state index is -0.214. The fourth-order valence-corrected chi connectivity index (χ4v) is 4.64. The van der Waals surface area contributed by atoms with E-state index in [0.29, 0.717) is 0 Å². The molecule has 5 heteroatoms. The summed E-state index contributed by atoms with van der Waals surface area (Å²) in [7, 11) is 1.80. The van der Waals surface area contributed by atoms with Crippen LogP contribution in [0.5, 0.6) is 0 Å². The normalized spacial score (nSPS) is 33.1. The maximum atomic E-state index is 11.4. The van der Waals surface area contributed by atoms with Gasteiger partial charge in [-0.15, -0.1) is 11.3 Å². The van der Waals surface area contributed by atoms with Crippen LogP contribution in [-0.4, -0.2) is 47.2 Å². The lowest BCUT2D eigenvalue weighted by molar-refractivity contribution is -0.0879. The first-order valence-corrected chi connectivity index (χ1v) is 8.47. The molecule has 1 saturated carbocycles. The molecule has 116 valence electrons. The van der Waals surface area contributed by atoms with Gasteiger partial charge in [0.05, 0.1) is 16.6 Å². The van der Waals surface area contributed by atoms with E-state index in [-0.39, 0.29) is 23.5 Å². The van der Waals surface area contributed by atoms with Gasteiger partial charge in [0.2, 0.25) is 0 Å². The van der Waals surface area contributed by atoms with Gasteiger partial charge in [0.15, 0.2) is 5.78 Å². The Bertz CT molecular complexity index is 529. The van der Waals surface area contributed by atoms with Gasteiger partial charge in [-0.3, -0.25) is 9.69 Å². The largest absolute Gasteiger partial charge is 0.393 e. The third-order valence-electron chi connectivity index (χ3n) is 5.06. The molecule has 1 aliphatic carbocycles. The Kier molecular flexibility index (Phi) is 4.19. The Morgan fingerprint density at radius 1 is 1.57 bits per heavy atom. The first-order valence-electron chi connectivity index (χ1n) is 7.60. The van der Waals surface area contributed by atoms with Crippen LogP contribution in [-0.2, 0) is 11.3 Å². The quantitative estimate of drug-likeness (QED) is 0.868. The molecule has 1 aliphatic heterocycles. The molecule has 0 amide bonds. The van der Waals surface area contributed by atoms with Gasteiger partial charge in [0.25, 0.3) is 0 Å². The minimum absolute atomic E-state index is 0.0847. The van der Waals surface area contributed by atoms with Crippen LogP contribution in [0.3, 0.4) is 0 Å². The van der Waals surface area contributed by atoms with Crippen LogP contribution in [0.15, 0.2) is 11.4 Å². The summed E-state index contributed by atoms with van der Waals surface area (Å²) < 4.78 is 5.86. The molecule has 2 fully saturated rings. The summed E-state index contributed by atoms with van der Waals surface area (Å²) in [5, 5.41) is 12.1. The van der Waals surface area contributed by atoms with E-state index in [2.05, 4.69) is 10.3 Å². The zero-order valence-electron chi connectivity index (χ0n) is 12.7. The third-order valence-corrected chi connectivity index (χ3v) is 6.14. The second kappa shape index (κ2) is 5.80. The Morgan fingerprint density at radius 3 is 3.05 bits per heavy atom. The molecule has 1 aromatic rings. The Hall–Kier alpha value is -0.750. The summed E-state index contributed by atoms with van der Waals surface area (Å²) in [4.78, 5) is 14.6. The van der Waals surface area contributed by atoms with Gasteiger partial charge < -0.3 is 9.84 Å². The summed E-state index contributed by atoms with van der Waals surface area (Å²) in [5.41, 5.74) is 1.11. The molecule has 1 saturated heterocycles. The number of aliphatic hydroxyl groups excluding tert-OH is 1. The minimum Gasteiger partial charge on any atom is -0.393 e. The number of Topliss-reactive ketones (excluding diaryl/α,β-unsaturated/α-hetero) is 1. The van der Waals surface area contributed by atoms with Crippen LogP contribution in [0.1, 0.15) is 47.8 Å². The molecule has 3 rings (SSSR count). The van der Waals surface area contributed by atoms with Gasteiger partial charge in [-0.1, -0.05) is 0 Å². The zero-order chi connectivity index (χ0) is 15.0. The standard InChI is InChI=1S/C16H23NO3S/c1-11(18)14-7-12(10-21-14)9-17-6-5-16(20-2)4-3-13(19)8-15(16)17/h7,10,13,15,19H,3-6,8-9H2,1-2H3/t13-,15-,16+/m0/s1. The van der Waals surface area contributed by atoms with E-state index in [1.807, 2.05) is 6.07 Å². The highest BCUT2D eigenvalue weighted by Gasteiger charge is 2.50. The van der Waals surface area contributed by atoms with E-state index in [1.165, 1.54) is 16.9 Å². The molecule has 0 bridgehead atoms. The number of hydrogen-bond acceptors (Lipinski definition) is 5. The summed E-state index contributed by atoms with van der Waals surface area (Å²) in [5.74, 6) is 0.131. The van der Waals surface area contributed by atoms with Crippen LogP contribution in [0, 0.1) is 0 Å². The second-order valence-corrected chi connectivity index (χ2v) is 7.22. The Labute approximate surface area is 129 Å². The van der Waals surface area contributed by atoms with Gasteiger partial charge in [-0.25, -0.2) is 0 Å². The number of rotatable bonds is 4. The van der Waals surface area contributed by atoms with E-state index < -0.39 is 0 Å². The van der Waals surface area contributed by atoms with Crippen LogP contribution in [0.25, 0.3) is 0 Å². The molecule has 1 aromatic heterocycles. The summed E-state index contributed by atoms with van der Waals surface area (Å²) in [6, 6.07) is 2.28. The van der Waals surface area contributed by atoms with Crippen molar-refractivity contribution in [2.45, 2.75) is 56.9 Å². The van der Waals surface area contributed by atoms with Crippen molar-refractivity contribution in [1.29, 1.82) is 0 Å². The molecule has 3 atom stereocenters. The number of ether oxygens (including phenoxy) is 1. The zero-order valence-corrected chi connectivity index (χ0v) is 13.5. The molecule has 0 radical (unpaired) electrons. The lowest BCUT2D eigenvalue weighted by atomic mass is 9.79. The van der Waals surface area contributed by atoms with Crippen molar-refractivity contribution < 1.29 is 14.6 Å². The van der Waals surface area contributed by atoms with Gasteiger partial charge in [-0.05, 0) is 49.6 Å². The maximum Gasteiger partial charge on any atom is 0.169 e. The summed E-state index contributed by atoms with van der Waals surface area (Å²) in [6.07, 6.45) is 3.38. The number of thiophene rings is 1. The van der Waals surface area contributed by atoms with Gasteiger partial charge in [0, 0.05) is 26.2 Å². The van der Waals surface area contributed by atoms with Crippen LogP contribution in [0.4, 0.5) is 0 Å². The molecule has 1 N–H and O–H groups in total. The lowest BCUT2D eigenvalue weighted by Gasteiger charge is -2.42. The molecule has 21 heavy (non-hydrogen) atoms. The number of likely N-dealkylation sites (tertiary alicyclic amines) is 1. The van der Waals surface area contributed by atoms with Gasteiger partial charge in [0.1, 0.15) is 0 Å². The first-order chi connectivity index (χ1) is 10.0. The average molecular weight is 309 g/mol. The van der Waals surface area contributed by atoms with Crippen molar-refractivity contribution in [2.75, 3.05) is 13.7 Å².